The summed E-state index contributed by atoms with van der Waals surface area (Å²) in [5, 5.41) is 4.40. The van der Waals surface area contributed by atoms with E-state index in [9.17, 15) is 4.79 Å². The molecule has 2 heterocycles. The van der Waals surface area contributed by atoms with Crippen molar-refractivity contribution in [2.24, 2.45) is 17.1 Å². The average Bonchev–Trinajstić information content (AvgIpc) is 2.63. The van der Waals surface area contributed by atoms with Crippen LogP contribution in [0.4, 0.5) is 0 Å². The number of nitrogens with one attached hydrogen (secondary N) is 1. The summed E-state index contributed by atoms with van der Waals surface area (Å²) < 4.78 is 0. The normalized spacial score (nSPS) is 34.8. The van der Waals surface area contributed by atoms with Gasteiger partial charge in [-0.1, -0.05) is 13.8 Å². The standard InChI is InChI=1S/C12H22N2OS/c1-12(2,11(13)15)6-9-5-10-8(7-14-9)3-4-16-10/h8-10,14H,3-7H2,1-2H3,(H2,13,15)/t8-,9-,10+/m0/s1. The molecular weight excluding hydrogens is 220 g/mol. The van der Waals surface area contributed by atoms with E-state index >= 15 is 0 Å². The summed E-state index contributed by atoms with van der Waals surface area (Å²) >= 11 is 2.11. The van der Waals surface area contributed by atoms with Crippen molar-refractivity contribution in [1.82, 2.24) is 5.32 Å². The highest BCUT2D eigenvalue weighted by molar-refractivity contribution is 8.00. The van der Waals surface area contributed by atoms with Crippen molar-refractivity contribution in [2.45, 2.75) is 44.4 Å². The quantitative estimate of drug-likeness (QED) is 0.786. The Labute approximate surface area is 102 Å². The van der Waals surface area contributed by atoms with E-state index in [4.69, 9.17) is 5.73 Å². The molecule has 2 saturated heterocycles. The summed E-state index contributed by atoms with van der Waals surface area (Å²) in [5.74, 6) is 1.98. The van der Waals surface area contributed by atoms with Crippen molar-refractivity contribution in [2.75, 3.05) is 12.3 Å². The number of rotatable bonds is 3. The SMILES string of the molecule is CC(C)(C[C@@H]1C[C@H]2SCC[C@H]2CN1)C(N)=O. The minimum Gasteiger partial charge on any atom is -0.369 e. The third kappa shape index (κ3) is 2.54. The molecule has 2 fully saturated rings. The molecule has 3 N–H and O–H groups in total. The summed E-state index contributed by atoms with van der Waals surface area (Å²) in [6, 6.07) is 0.467. The highest BCUT2D eigenvalue weighted by Crippen LogP contribution is 2.39. The predicted octanol–water partition coefficient (Wildman–Crippen LogP) is 1.37. The zero-order valence-corrected chi connectivity index (χ0v) is 11.0. The minimum absolute atomic E-state index is 0.185. The van der Waals surface area contributed by atoms with Crippen molar-refractivity contribution in [3.8, 4) is 0 Å². The van der Waals surface area contributed by atoms with Gasteiger partial charge in [0.15, 0.2) is 0 Å². The predicted molar refractivity (Wildman–Crippen MR) is 68.4 cm³/mol. The van der Waals surface area contributed by atoms with Gasteiger partial charge >= 0.3 is 0 Å². The Kier molecular flexibility index (Phi) is 3.50. The maximum absolute atomic E-state index is 11.3. The van der Waals surface area contributed by atoms with Crippen LogP contribution in [0.25, 0.3) is 0 Å². The van der Waals surface area contributed by atoms with Crippen molar-refractivity contribution in [3.63, 3.8) is 0 Å². The Bertz CT molecular complexity index is 280. The highest BCUT2D eigenvalue weighted by atomic mass is 32.2. The van der Waals surface area contributed by atoms with Crippen LogP contribution < -0.4 is 11.1 Å². The number of amides is 1. The van der Waals surface area contributed by atoms with Crippen LogP contribution in [0.5, 0.6) is 0 Å². The van der Waals surface area contributed by atoms with Gasteiger partial charge in [0.2, 0.25) is 5.91 Å². The van der Waals surface area contributed by atoms with Gasteiger partial charge in [-0.2, -0.15) is 11.8 Å². The second-order valence-electron chi connectivity index (χ2n) is 5.75. The van der Waals surface area contributed by atoms with Crippen LogP contribution in [0.1, 0.15) is 33.1 Å². The van der Waals surface area contributed by atoms with Crippen molar-refractivity contribution in [3.05, 3.63) is 0 Å². The van der Waals surface area contributed by atoms with Crippen LogP contribution in [-0.4, -0.2) is 29.5 Å². The molecule has 2 rings (SSSR count). The lowest BCUT2D eigenvalue weighted by Crippen LogP contribution is -2.47. The molecule has 2 aliphatic rings. The van der Waals surface area contributed by atoms with E-state index in [0.29, 0.717) is 6.04 Å². The fourth-order valence-electron chi connectivity index (χ4n) is 2.74. The van der Waals surface area contributed by atoms with Crippen molar-refractivity contribution in [1.29, 1.82) is 0 Å². The molecule has 1 amide bonds. The van der Waals surface area contributed by atoms with E-state index in [1.807, 2.05) is 13.8 Å². The van der Waals surface area contributed by atoms with Gasteiger partial charge < -0.3 is 11.1 Å². The van der Waals surface area contributed by atoms with Gasteiger partial charge in [0.25, 0.3) is 0 Å². The maximum Gasteiger partial charge on any atom is 0.223 e. The molecule has 3 nitrogen and oxygen atoms in total. The van der Waals surface area contributed by atoms with Gasteiger partial charge in [0, 0.05) is 16.7 Å². The number of thioether (sulfide) groups is 1. The zero-order valence-electron chi connectivity index (χ0n) is 10.2. The lowest BCUT2D eigenvalue weighted by atomic mass is 9.81. The van der Waals surface area contributed by atoms with Gasteiger partial charge in [-0.15, -0.1) is 0 Å². The lowest BCUT2D eigenvalue weighted by molar-refractivity contribution is -0.126. The van der Waals surface area contributed by atoms with Gasteiger partial charge in [0.1, 0.15) is 0 Å². The first-order valence-electron chi connectivity index (χ1n) is 6.14. The summed E-state index contributed by atoms with van der Waals surface area (Å²) in [7, 11) is 0. The Balaban J connectivity index is 1.90. The maximum atomic E-state index is 11.3. The van der Waals surface area contributed by atoms with Crippen LogP contribution in [-0.2, 0) is 4.79 Å². The number of carbonyl (C=O) groups is 1. The zero-order chi connectivity index (χ0) is 11.8. The molecule has 0 aromatic rings. The van der Waals surface area contributed by atoms with Crippen LogP contribution in [0.2, 0.25) is 0 Å². The third-order valence-corrected chi connectivity index (χ3v) is 5.43. The fourth-order valence-corrected chi connectivity index (χ4v) is 4.36. The number of primary amides is 1. The van der Waals surface area contributed by atoms with Crippen LogP contribution in [0.15, 0.2) is 0 Å². The van der Waals surface area contributed by atoms with Gasteiger partial charge in [-0.25, -0.2) is 0 Å². The van der Waals surface area contributed by atoms with Crippen LogP contribution in [0.3, 0.4) is 0 Å². The van der Waals surface area contributed by atoms with E-state index in [1.165, 1.54) is 18.6 Å². The van der Waals surface area contributed by atoms with Gasteiger partial charge in [-0.3, -0.25) is 4.79 Å². The number of fused-ring (bicyclic) bond motifs is 1. The Morgan fingerprint density at radius 3 is 3.00 bits per heavy atom. The molecule has 0 aromatic heterocycles. The molecule has 2 aliphatic heterocycles. The van der Waals surface area contributed by atoms with E-state index in [1.54, 1.807) is 0 Å². The second-order valence-corrected chi connectivity index (χ2v) is 7.10. The first-order chi connectivity index (χ1) is 7.49. The first-order valence-corrected chi connectivity index (χ1v) is 7.19. The Morgan fingerprint density at radius 2 is 2.31 bits per heavy atom. The molecule has 4 heteroatoms. The molecule has 0 radical (unpaired) electrons. The molecule has 0 saturated carbocycles. The fraction of sp³-hybridized carbons (Fsp3) is 0.917. The molecule has 0 aromatic carbocycles. The summed E-state index contributed by atoms with van der Waals surface area (Å²) in [5.41, 5.74) is 5.04. The highest BCUT2D eigenvalue weighted by Gasteiger charge is 2.37. The molecule has 0 aliphatic carbocycles. The number of nitrogens with two attached hydrogens (primary N) is 1. The Hall–Kier alpha value is -0.220. The lowest BCUT2D eigenvalue weighted by Gasteiger charge is -2.35. The second kappa shape index (κ2) is 4.57. The van der Waals surface area contributed by atoms with Gasteiger partial charge in [0.05, 0.1) is 0 Å². The van der Waals surface area contributed by atoms with E-state index in [2.05, 4.69) is 17.1 Å². The molecule has 3 atom stereocenters. The Morgan fingerprint density at radius 1 is 1.56 bits per heavy atom. The van der Waals surface area contributed by atoms with Crippen molar-refractivity contribution >= 4 is 17.7 Å². The molecule has 0 spiro atoms. The number of piperidine rings is 1. The largest absolute Gasteiger partial charge is 0.369 e. The summed E-state index contributed by atoms with van der Waals surface area (Å²) in [6.45, 7) is 5.02. The van der Waals surface area contributed by atoms with E-state index in [-0.39, 0.29) is 11.3 Å². The topological polar surface area (TPSA) is 55.1 Å². The molecule has 0 unspecified atom stereocenters. The van der Waals surface area contributed by atoms with Crippen LogP contribution >= 0.6 is 11.8 Å². The third-order valence-electron chi connectivity index (χ3n) is 3.96. The summed E-state index contributed by atoms with van der Waals surface area (Å²) in [6.07, 6.45) is 3.42. The van der Waals surface area contributed by atoms with E-state index in [0.717, 1.165) is 24.1 Å². The number of hydrogen-bond donors (Lipinski definition) is 2. The first kappa shape index (κ1) is 12.2. The average molecular weight is 242 g/mol. The molecule has 92 valence electrons. The minimum atomic E-state index is -0.381. The van der Waals surface area contributed by atoms with Crippen molar-refractivity contribution < 1.29 is 4.79 Å². The summed E-state index contributed by atoms with van der Waals surface area (Å²) in [4.78, 5) is 11.3. The monoisotopic (exact) mass is 242 g/mol. The number of carbonyl (C=O) groups excluding carboxylic acids is 1. The molecule has 16 heavy (non-hydrogen) atoms. The van der Waals surface area contributed by atoms with E-state index < -0.39 is 0 Å². The smallest absolute Gasteiger partial charge is 0.223 e. The molecular formula is C12H22N2OS. The number of hydrogen-bond acceptors (Lipinski definition) is 3. The van der Waals surface area contributed by atoms with Crippen LogP contribution in [0, 0.1) is 11.3 Å². The van der Waals surface area contributed by atoms with Gasteiger partial charge in [-0.05, 0) is 37.5 Å². The molecule has 0 bridgehead atoms.